The fraction of sp³-hybridized carbons (Fsp3) is 0.0500. The van der Waals surface area contributed by atoms with E-state index in [-0.39, 0.29) is 12.5 Å². The molecule has 3 rings (SSSR count). The highest BCUT2D eigenvalue weighted by Gasteiger charge is 2.04. The third kappa shape index (κ3) is 5.36. The molecule has 1 N–H and O–H groups in total. The molecule has 0 aliphatic heterocycles. The van der Waals surface area contributed by atoms with Crippen molar-refractivity contribution >= 4 is 27.5 Å². The Morgan fingerprint density at radius 2 is 1.40 bits per heavy atom. The molecule has 0 aliphatic carbocycles. The monoisotopic (exact) mass is 397 g/mol. The quantitative estimate of drug-likeness (QED) is 0.616. The zero-order chi connectivity index (χ0) is 17.5. The molecule has 126 valence electrons. The van der Waals surface area contributed by atoms with Crippen LogP contribution in [0.3, 0.4) is 0 Å². The van der Waals surface area contributed by atoms with Crippen molar-refractivity contribution in [1.82, 2.24) is 0 Å². The van der Waals surface area contributed by atoms with E-state index in [1.165, 1.54) is 0 Å². The maximum Gasteiger partial charge on any atom is 0.262 e. The van der Waals surface area contributed by atoms with Crippen molar-refractivity contribution in [2.75, 3.05) is 11.9 Å². The summed E-state index contributed by atoms with van der Waals surface area (Å²) in [4.78, 5) is 12.0. The van der Waals surface area contributed by atoms with E-state index >= 15 is 0 Å². The maximum atomic E-state index is 12.0. The smallest absolute Gasteiger partial charge is 0.262 e. The number of nitrogens with one attached hydrogen (secondary N) is 1. The van der Waals surface area contributed by atoms with Gasteiger partial charge in [0.1, 0.15) is 17.2 Å². The molecule has 0 saturated carbocycles. The van der Waals surface area contributed by atoms with Crippen LogP contribution in [0.25, 0.3) is 0 Å². The summed E-state index contributed by atoms with van der Waals surface area (Å²) in [6.07, 6.45) is 0. The average molecular weight is 398 g/mol. The molecular formula is C20H16BrNO3. The molecule has 3 aromatic rings. The van der Waals surface area contributed by atoms with Crippen LogP contribution in [0.5, 0.6) is 17.2 Å². The molecule has 0 bridgehead atoms. The van der Waals surface area contributed by atoms with Gasteiger partial charge in [0.05, 0.1) is 0 Å². The lowest BCUT2D eigenvalue weighted by atomic mass is 10.3. The molecule has 0 unspecified atom stereocenters. The highest BCUT2D eigenvalue weighted by Crippen LogP contribution is 2.22. The van der Waals surface area contributed by atoms with Crippen LogP contribution in [-0.2, 0) is 4.79 Å². The van der Waals surface area contributed by atoms with E-state index in [1.807, 2.05) is 42.5 Å². The Morgan fingerprint density at radius 3 is 2.08 bits per heavy atom. The van der Waals surface area contributed by atoms with Crippen molar-refractivity contribution in [1.29, 1.82) is 0 Å². The van der Waals surface area contributed by atoms with Gasteiger partial charge in [-0.3, -0.25) is 4.79 Å². The standard InChI is InChI=1S/C20H16BrNO3/c21-15-6-10-17(11-7-15)24-14-20(23)22-16-8-12-19(13-9-16)25-18-4-2-1-3-5-18/h1-13H,14H2,(H,22,23). The first-order valence-corrected chi connectivity index (χ1v) is 8.49. The van der Waals surface area contributed by atoms with Gasteiger partial charge >= 0.3 is 0 Å². The molecule has 0 atom stereocenters. The number of benzene rings is 3. The van der Waals surface area contributed by atoms with E-state index in [0.29, 0.717) is 17.2 Å². The van der Waals surface area contributed by atoms with Gasteiger partial charge in [0.15, 0.2) is 6.61 Å². The van der Waals surface area contributed by atoms with Crippen LogP contribution in [0.4, 0.5) is 5.69 Å². The molecule has 25 heavy (non-hydrogen) atoms. The SMILES string of the molecule is O=C(COc1ccc(Br)cc1)Nc1ccc(Oc2ccccc2)cc1. The molecule has 0 saturated heterocycles. The summed E-state index contributed by atoms with van der Waals surface area (Å²) < 4.78 is 12.1. The summed E-state index contributed by atoms with van der Waals surface area (Å²) in [7, 11) is 0. The number of hydrogen-bond donors (Lipinski definition) is 1. The molecule has 0 fully saturated rings. The zero-order valence-electron chi connectivity index (χ0n) is 13.3. The number of para-hydroxylation sites is 1. The van der Waals surface area contributed by atoms with Gasteiger partial charge in [0.2, 0.25) is 0 Å². The predicted molar refractivity (Wildman–Crippen MR) is 101 cm³/mol. The highest BCUT2D eigenvalue weighted by molar-refractivity contribution is 9.10. The highest BCUT2D eigenvalue weighted by atomic mass is 79.9. The van der Waals surface area contributed by atoms with Crippen molar-refractivity contribution in [3.05, 3.63) is 83.3 Å². The number of amides is 1. The molecule has 0 radical (unpaired) electrons. The molecular weight excluding hydrogens is 382 g/mol. The summed E-state index contributed by atoms with van der Waals surface area (Å²) in [5.74, 6) is 1.89. The van der Waals surface area contributed by atoms with Gasteiger partial charge in [-0.25, -0.2) is 0 Å². The molecule has 5 heteroatoms. The Balaban J connectivity index is 1.50. The number of hydrogen-bond acceptors (Lipinski definition) is 3. The Bertz CT molecular complexity index is 818. The van der Waals surface area contributed by atoms with Crippen molar-refractivity contribution in [3.8, 4) is 17.2 Å². The van der Waals surface area contributed by atoms with Gasteiger partial charge in [-0.05, 0) is 60.7 Å². The Labute approximate surface area is 154 Å². The van der Waals surface area contributed by atoms with E-state index in [9.17, 15) is 4.79 Å². The molecule has 0 heterocycles. The number of anilines is 1. The molecule has 0 aliphatic rings. The van der Waals surface area contributed by atoms with Gasteiger partial charge in [-0.2, -0.15) is 0 Å². The van der Waals surface area contributed by atoms with E-state index in [0.717, 1.165) is 10.2 Å². The first kappa shape index (κ1) is 17.0. The molecule has 4 nitrogen and oxygen atoms in total. The Kier molecular flexibility index (Phi) is 5.69. The fourth-order valence-corrected chi connectivity index (χ4v) is 2.37. The lowest BCUT2D eigenvalue weighted by molar-refractivity contribution is -0.118. The molecule has 3 aromatic carbocycles. The predicted octanol–water partition coefficient (Wildman–Crippen LogP) is 5.26. The number of carbonyl (C=O) groups excluding carboxylic acids is 1. The van der Waals surface area contributed by atoms with Crippen LogP contribution < -0.4 is 14.8 Å². The third-order valence-corrected chi connectivity index (χ3v) is 3.83. The largest absolute Gasteiger partial charge is 0.484 e. The normalized spacial score (nSPS) is 10.1. The summed E-state index contributed by atoms with van der Waals surface area (Å²) >= 11 is 3.35. The van der Waals surface area contributed by atoms with E-state index in [2.05, 4.69) is 21.2 Å². The number of carbonyl (C=O) groups is 1. The average Bonchev–Trinajstić information content (AvgIpc) is 2.64. The van der Waals surface area contributed by atoms with Gasteiger partial charge in [-0.15, -0.1) is 0 Å². The lowest BCUT2D eigenvalue weighted by Gasteiger charge is -2.09. The topological polar surface area (TPSA) is 47.6 Å². The van der Waals surface area contributed by atoms with Gasteiger partial charge < -0.3 is 14.8 Å². The van der Waals surface area contributed by atoms with Crippen molar-refractivity contribution in [3.63, 3.8) is 0 Å². The van der Waals surface area contributed by atoms with Crippen LogP contribution in [0.2, 0.25) is 0 Å². The fourth-order valence-electron chi connectivity index (χ4n) is 2.11. The van der Waals surface area contributed by atoms with Gasteiger partial charge in [0.25, 0.3) is 5.91 Å². The summed E-state index contributed by atoms with van der Waals surface area (Å²) in [6.45, 7) is -0.0517. The third-order valence-electron chi connectivity index (χ3n) is 3.30. The van der Waals surface area contributed by atoms with E-state index < -0.39 is 0 Å². The summed E-state index contributed by atoms with van der Waals surface area (Å²) in [5.41, 5.74) is 0.685. The number of halogens is 1. The second kappa shape index (κ2) is 8.35. The number of ether oxygens (including phenoxy) is 2. The van der Waals surface area contributed by atoms with Crippen LogP contribution in [-0.4, -0.2) is 12.5 Å². The minimum absolute atomic E-state index is 0.0517. The van der Waals surface area contributed by atoms with E-state index in [1.54, 1.807) is 36.4 Å². The van der Waals surface area contributed by atoms with Crippen molar-refractivity contribution in [2.45, 2.75) is 0 Å². The van der Waals surface area contributed by atoms with Crippen molar-refractivity contribution in [2.24, 2.45) is 0 Å². The van der Waals surface area contributed by atoms with Crippen molar-refractivity contribution < 1.29 is 14.3 Å². The van der Waals surface area contributed by atoms with Crippen LogP contribution in [0, 0.1) is 0 Å². The maximum absolute atomic E-state index is 12.0. The second-order valence-electron chi connectivity index (χ2n) is 5.23. The molecule has 0 spiro atoms. The van der Waals surface area contributed by atoms with Crippen LogP contribution >= 0.6 is 15.9 Å². The minimum atomic E-state index is -0.223. The van der Waals surface area contributed by atoms with Crippen LogP contribution in [0.15, 0.2) is 83.3 Å². The first-order valence-electron chi connectivity index (χ1n) is 7.70. The second-order valence-corrected chi connectivity index (χ2v) is 6.15. The molecule has 0 aromatic heterocycles. The summed E-state index contributed by atoms with van der Waals surface area (Å²) in [5, 5.41) is 2.79. The first-order chi connectivity index (χ1) is 12.2. The van der Waals surface area contributed by atoms with Gasteiger partial charge in [-0.1, -0.05) is 34.1 Å². The van der Waals surface area contributed by atoms with Gasteiger partial charge in [0, 0.05) is 10.2 Å². The molecule has 1 amide bonds. The van der Waals surface area contributed by atoms with Crippen LogP contribution in [0.1, 0.15) is 0 Å². The number of rotatable bonds is 6. The Hall–Kier alpha value is -2.79. The zero-order valence-corrected chi connectivity index (χ0v) is 14.9. The Morgan fingerprint density at radius 1 is 0.800 bits per heavy atom. The minimum Gasteiger partial charge on any atom is -0.484 e. The van der Waals surface area contributed by atoms with E-state index in [4.69, 9.17) is 9.47 Å². The lowest BCUT2D eigenvalue weighted by Crippen LogP contribution is -2.20. The summed E-state index contributed by atoms with van der Waals surface area (Å²) in [6, 6.07) is 24.0.